The topological polar surface area (TPSA) is 46.2 Å². The van der Waals surface area contributed by atoms with Crippen molar-refractivity contribution in [2.45, 2.75) is 0 Å². The predicted octanol–water partition coefficient (Wildman–Crippen LogP) is -0.756. The molecule has 0 aliphatic heterocycles. The van der Waals surface area contributed by atoms with Crippen LogP contribution in [0.15, 0.2) is 36.4 Å². The van der Waals surface area contributed by atoms with Crippen molar-refractivity contribution in [1.29, 1.82) is 0 Å². The quantitative estimate of drug-likeness (QED) is 0.417. The third-order valence-corrected chi connectivity index (χ3v) is 1.90. The van der Waals surface area contributed by atoms with E-state index < -0.39 is 0 Å². The summed E-state index contributed by atoms with van der Waals surface area (Å²) in [5.74, 6) is 0.250. The zero-order valence-corrected chi connectivity index (χ0v) is 9.49. The molecule has 0 atom stereocenters. The second kappa shape index (κ2) is 4.01. The normalized spacial score (nSPS) is 9.54. The third kappa shape index (κ3) is 1.97. The maximum Gasteiger partial charge on any atom is 1.00 e. The minimum absolute atomic E-state index is 0. The van der Waals surface area contributed by atoms with Crippen LogP contribution in [0.25, 0.3) is 10.8 Å². The van der Waals surface area contributed by atoms with Gasteiger partial charge in [-0.3, -0.25) is 0 Å². The molecule has 3 N–H and O–H groups in total. The number of phenols is 1. The molecule has 0 bridgehead atoms. The van der Waals surface area contributed by atoms with E-state index in [1.807, 2.05) is 24.3 Å². The minimum atomic E-state index is 0. The zero-order valence-electron chi connectivity index (χ0n) is 8.49. The van der Waals surface area contributed by atoms with E-state index in [1.54, 1.807) is 12.1 Å². The Morgan fingerprint density at radius 2 is 1.92 bits per heavy atom. The van der Waals surface area contributed by atoms with Crippen molar-refractivity contribution in [1.82, 2.24) is 0 Å². The number of hydrogen-bond acceptors (Lipinski definition) is 2. The van der Waals surface area contributed by atoms with Crippen LogP contribution in [-0.2, 0) is 0 Å². The van der Waals surface area contributed by atoms with Crippen LogP contribution in [0, 0.1) is 0 Å². The molecular formula is C10H10NNaO. The van der Waals surface area contributed by atoms with Crippen molar-refractivity contribution in [3.8, 4) is 5.75 Å². The molecule has 0 spiro atoms. The molecule has 62 valence electrons. The fraction of sp³-hybridized carbons (Fsp3) is 0. The zero-order chi connectivity index (χ0) is 8.55. The molecule has 2 aromatic carbocycles. The van der Waals surface area contributed by atoms with Gasteiger partial charge >= 0.3 is 29.6 Å². The molecule has 0 aliphatic carbocycles. The van der Waals surface area contributed by atoms with Gasteiger partial charge in [0, 0.05) is 11.1 Å². The summed E-state index contributed by atoms with van der Waals surface area (Å²) in [6.45, 7) is 0. The molecule has 0 amide bonds. The molecule has 0 fully saturated rings. The summed E-state index contributed by atoms with van der Waals surface area (Å²) < 4.78 is 0. The summed E-state index contributed by atoms with van der Waals surface area (Å²) in [4.78, 5) is 0. The Kier molecular flexibility index (Phi) is 3.20. The van der Waals surface area contributed by atoms with Gasteiger partial charge in [0.25, 0.3) is 0 Å². The number of anilines is 1. The summed E-state index contributed by atoms with van der Waals surface area (Å²) in [5, 5.41) is 11.1. The van der Waals surface area contributed by atoms with Gasteiger partial charge in [0.1, 0.15) is 5.75 Å². The third-order valence-electron chi connectivity index (χ3n) is 1.90. The minimum Gasteiger partial charge on any atom is -1.00 e. The van der Waals surface area contributed by atoms with Crippen LogP contribution in [0.1, 0.15) is 1.43 Å². The Bertz CT molecular complexity index is 433. The van der Waals surface area contributed by atoms with Gasteiger partial charge in [0.15, 0.2) is 0 Å². The number of nitrogens with two attached hydrogens (primary N) is 1. The Labute approximate surface area is 100 Å². The predicted molar refractivity (Wildman–Crippen MR) is 51.1 cm³/mol. The van der Waals surface area contributed by atoms with E-state index in [2.05, 4.69) is 0 Å². The van der Waals surface area contributed by atoms with E-state index >= 15 is 0 Å². The number of rotatable bonds is 0. The summed E-state index contributed by atoms with van der Waals surface area (Å²) in [5.41, 5.74) is 6.41. The number of hydrogen-bond donors (Lipinski definition) is 2. The first kappa shape index (κ1) is 10.4. The van der Waals surface area contributed by atoms with Crippen molar-refractivity contribution < 1.29 is 36.1 Å². The summed E-state index contributed by atoms with van der Waals surface area (Å²) in [6.07, 6.45) is 0. The first-order valence-corrected chi connectivity index (χ1v) is 3.74. The van der Waals surface area contributed by atoms with Gasteiger partial charge in [-0.15, -0.1) is 0 Å². The van der Waals surface area contributed by atoms with E-state index in [9.17, 15) is 5.11 Å². The van der Waals surface area contributed by atoms with Gasteiger partial charge < -0.3 is 12.3 Å². The van der Waals surface area contributed by atoms with E-state index in [1.165, 1.54) is 0 Å². The molecule has 0 aliphatic rings. The first-order valence-electron chi connectivity index (χ1n) is 3.74. The molecule has 13 heavy (non-hydrogen) atoms. The fourth-order valence-electron chi connectivity index (χ4n) is 1.28. The van der Waals surface area contributed by atoms with Gasteiger partial charge in [-0.2, -0.15) is 0 Å². The van der Waals surface area contributed by atoms with E-state index in [0.29, 0.717) is 5.69 Å². The Morgan fingerprint density at radius 1 is 1.15 bits per heavy atom. The van der Waals surface area contributed by atoms with Crippen LogP contribution in [0.4, 0.5) is 5.69 Å². The molecule has 0 radical (unpaired) electrons. The molecule has 0 heterocycles. The van der Waals surface area contributed by atoms with Crippen LogP contribution in [0.2, 0.25) is 0 Å². The molecule has 2 rings (SSSR count). The summed E-state index contributed by atoms with van der Waals surface area (Å²) >= 11 is 0. The van der Waals surface area contributed by atoms with Crippen molar-refractivity contribution in [3.63, 3.8) is 0 Å². The average Bonchev–Trinajstić information content (AvgIpc) is 2.07. The van der Waals surface area contributed by atoms with Crippen LogP contribution in [-0.4, -0.2) is 5.11 Å². The smallest absolute Gasteiger partial charge is 1.00 e. The van der Waals surface area contributed by atoms with Gasteiger partial charge in [-0.25, -0.2) is 0 Å². The van der Waals surface area contributed by atoms with Crippen molar-refractivity contribution in [2.75, 3.05) is 5.73 Å². The average molecular weight is 183 g/mol. The van der Waals surface area contributed by atoms with Crippen LogP contribution >= 0.6 is 0 Å². The molecule has 0 unspecified atom stereocenters. The van der Waals surface area contributed by atoms with E-state index in [4.69, 9.17) is 5.73 Å². The van der Waals surface area contributed by atoms with E-state index in [-0.39, 0.29) is 36.7 Å². The van der Waals surface area contributed by atoms with Crippen molar-refractivity contribution >= 4 is 16.5 Å². The van der Waals surface area contributed by atoms with Crippen molar-refractivity contribution in [3.05, 3.63) is 36.4 Å². The largest absolute Gasteiger partial charge is 1.00 e. The number of aromatic hydroxyl groups is 1. The second-order valence-corrected chi connectivity index (χ2v) is 2.75. The monoisotopic (exact) mass is 183 g/mol. The van der Waals surface area contributed by atoms with Crippen LogP contribution in [0.3, 0.4) is 0 Å². The molecular weight excluding hydrogens is 173 g/mol. The Hall–Kier alpha value is -0.700. The molecule has 0 saturated heterocycles. The number of phenolic OH excluding ortho intramolecular Hbond substituents is 1. The van der Waals surface area contributed by atoms with Gasteiger partial charge in [0.05, 0.1) is 0 Å². The van der Waals surface area contributed by atoms with Crippen LogP contribution in [0.5, 0.6) is 5.75 Å². The Balaban J connectivity index is 0.000000845. The fourth-order valence-corrected chi connectivity index (χ4v) is 1.28. The maximum absolute atomic E-state index is 9.20. The summed E-state index contributed by atoms with van der Waals surface area (Å²) in [6, 6.07) is 10.9. The molecule has 0 aromatic heterocycles. The number of nitrogen functional groups attached to an aromatic ring is 1. The van der Waals surface area contributed by atoms with Gasteiger partial charge in [-0.05, 0) is 23.6 Å². The number of benzene rings is 2. The van der Waals surface area contributed by atoms with Gasteiger partial charge in [0.2, 0.25) is 0 Å². The van der Waals surface area contributed by atoms with Crippen LogP contribution < -0.4 is 35.3 Å². The molecule has 3 heteroatoms. The number of fused-ring (bicyclic) bond motifs is 1. The standard InChI is InChI=1S/C10H9NO.Na.H/c11-10-3-1-2-7-4-5-8(12)6-9(7)10;;/h1-6,12H,11H2;;/q;+1;-1. The molecule has 2 nitrogen and oxygen atoms in total. The molecule has 0 saturated carbocycles. The first-order chi connectivity index (χ1) is 5.77. The maximum atomic E-state index is 9.20. The summed E-state index contributed by atoms with van der Waals surface area (Å²) in [7, 11) is 0. The molecule has 2 aromatic rings. The van der Waals surface area contributed by atoms with Crippen molar-refractivity contribution in [2.24, 2.45) is 0 Å². The SMILES string of the molecule is Nc1cccc2ccc(O)cc12.[H-].[Na+]. The van der Waals surface area contributed by atoms with Gasteiger partial charge in [-0.1, -0.05) is 18.2 Å². The second-order valence-electron chi connectivity index (χ2n) is 2.75. The Morgan fingerprint density at radius 3 is 2.69 bits per heavy atom. The van der Waals surface area contributed by atoms with E-state index in [0.717, 1.165) is 10.8 Å².